The highest BCUT2D eigenvalue weighted by molar-refractivity contribution is 5.34. The second-order valence-corrected chi connectivity index (χ2v) is 3.97. The Morgan fingerprint density at radius 1 is 1.53 bits per heavy atom. The average molecular weight is 209 g/mol. The van der Waals surface area contributed by atoms with Crippen molar-refractivity contribution in [3.8, 4) is 0 Å². The molecule has 1 aromatic rings. The van der Waals surface area contributed by atoms with Crippen LogP contribution in [0.3, 0.4) is 0 Å². The lowest BCUT2D eigenvalue weighted by Gasteiger charge is -2.08. The lowest BCUT2D eigenvalue weighted by molar-refractivity contribution is 0.229. The molecule has 2 N–H and O–H groups in total. The van der Waals surface area contributed by atoms with Gasteiger partial charge in [0.1, 0.15) is 5.82 Å². The van der Waals surface area contributed by atoms with Crippen LogP contribution in [0.15, 0.2) is 12.3 Å². The summed E-state index contributed by atoms with van der Waals surface area (Å²) < 4.78 is 0. The zero-order valence-electron chi connectivity index (χ0n) is 9.40. The largest absolute Gasteiger partial charge is 0.396 e. The van der Waals surface area contributed by atoms with E-state index in [1.54, 1.807) is 6.20 Å². The maximum absolute atomic E-state index is 8.84. The van der Waals surface area contributed by atoms with Gasteiger partial charge in [-0.05, 0) is 37.3 Å². The molecular formula is C11H19N3O. The zero-order chi connectivity index (χ0) is 11.1. The molecule has 4 heteroatoms. The zero-order valence-corrected chi connectivity index (χ0v) is 9.40. The van der Waals surface area contributed by atoms with E-state index in [2.05, 4.69) is 15.5 Å². The second-order valence-electron chi connectivity index (χ2n) is 3.97. The number of rotatable bonds is 6. The third-order valence-electron chi connectivity index (χ3n) is 2.28. The Balaban J connectivity index is 2.20. The number of nitrogens with one attached hydrogen (secondary N) is 1. The maximum atomic E-state index is 8.84. The van der Waals surface area contributed by atoms with Gasteiger partial charge >= 0.3 is 0 Å². The molecule has 1 atom stereocenters. The van der Waals surface area contributed by atoms with Gasteiger partial charge in [-0.15, -0.1) is 5.10 Å². The van der Waals surface area contributed by atoms with Crippen molar-refractivity contribution >= 4 is 5.82 Å². The van der Waals surface area contributed by atoms with Crippen molar-refractivity contribution in [1.29, 1.82) is 0 Å². The normalized spacial score (nSPS) is 12.5. The van der Waals surface area contributed by atoms with E-state index >= 15 is 0 Å². The molecular weight excluding hydrogens is 190 g/mol. The Hall–Kier alpha value is -1.16. The molecule has 15 heavy (non-hydrogen) atoms. The van der Waals surface area contributed by atoms with Crippen LogP contribution in [0.2, 0.25) is 0 Å². The van der Waals surface area contributed by atoms with E-state index in [9.17, 15) is 0 Å². The molecule has 0 spiro atoms. The fourth-order valence-electron chi connectivity index (χ4n) is 1.31. The van der Waals surface area contributed by atoms with Crippen LogP contribution < -0.4 is 5.32 Å². The fraction of sp³-hybridized carbons (Fsp3) is 0.636. The molecule has 4 nitrogen and oxygen atoms in total. The van der Waals surface area contributed by atoms with Crippen molar-refractivity contribution in [1.82, 2.24) is 10.2 Å². The van der Waals surface area contributed by atoms with Crippen molar-refractivity contribution in [2.24, 2.45) is 5.92 Å². The van der Waals surface area contributed by atoms with Gasteiger partial charge in [0, 0.05) is 13.2 Å². The third-order valence-corrected chi connectivity index (χ3v) is 2.28. The van der Waals surface area contributed by atoms with Crippen molar-refractivity contribution in [2.45, 2.75) is 26.7 Å². The minimum atomic E-state index is 0.268. The molecule has 0 amide bonds. The van der Waals surface area contributed by atoms with Gasteiger partial charge in [-0.25, -0.2) is 0 Å². The molecule has 0 aliphatic carbocycles. The minimum Gasteiger partial charge on any atom is -0.396 e. The predicted molar refractivity (Wildman–Crippen MR) is 60.7 cm³/mol. The molecule has 1 aromatic heterocycles. The lowest BCUT2D eigenvalue weighted by Crippen LogP contribution is -2.07. The molecule has 1 unspecified atom stereocenters. The van der Waals surface area contributed by atoms with Crippen molar-refractivity contribution < 1.29 is 5.11 Å². The summed E-state index contributed by atoms with van der Waals surface area (Å²) in [4.78, 5) is 0. The first-order chi connectivity index (χ1) is 7.22. The number of aliphatic hydroxyl groups is 1. The number of hydrogen-bond donors (Lipinski definition) is 2. The van der Waals surface area contributed by atoms with E-state index < -0.39 is 0 Å². The van der Waals surface area contributed by atoms with E-state index in [4.69, 9.17) is 5.11 Å². The summed E-state index contributed by atoms with van der Waals surface area (Å²) in [5.41, 5.74) is 1.11. The Morgan fingerprint density at radius 3 is 3.00 bits per heavy atom. The predicted octanol–water partition coefficient (Wildman–Crippen LogP) is 1.61. The maximum Gasteiger partial charge on any atom is 0.148 e. The van der Waals surface area contributed by atoms with Gasteiger partial charge in [0.2, 0.25) is 0 Å². The SMILES string of the molecule is Cc1cnnc(NCCCC(C)CO)c1. The van der Waals surface area contributed by atoms with Crippen LogP contribution in [0.25, 0.3) is 0 Å². The molecule has 1 rings (SSSR count). The van der Waals surface area contributed by atoms with Crippen LogP contribution in [0.1, 0.15) is 25.3 Å². The van der Waals surface area contributed by atoms with Crippen LogP contribution in [0, 0.1) is 12.8 Å². The molecule has 0 aliphatic heterocycles. The fourth-order valence-corrected chi connectivity index (χ4v) is 1.31. The number of aliphatic hydroxyl groups excluding tert-OH is 1. The Bertz CT molecular complexity index is 291. The van der Waals surface area contributed by atoms with E-state index in [1.807, 2.05) is 19.9 Å². The summed E-state index contributed by atoms with van der Waals surface area (Å²) in [6.45, 7) is 5.19. The van der Waals surface area contributed by atoms with E-state index in [1.165, 1.54) is 0 Å². The smallest absolute Gasteiger partial charge is 0.148 e. The van der Waals surface area contributed by atoms with Crippen LogP contribution in [0.5, 0.6) is 0 Å². The molecule has 0 saturated carbocycles. The van der Waals surface area contributed by atoms with E-state index in [0.717, 1.165) is 30.8 Å². The molecule has 0 radical (unpaired) electrons. The highest BCUT2D eigenvalue weighted by Crippen LogP contribution is 2.06. The van der Waals surface area contributed by atoms with Crippen LogP contribution in [0.4, 0.5) is 5.82 Å². The van der Waals surface area contributed by atoms with Gasteiger partial charge in [0.25, 0.3) is 0 Å². The number of nitrogens with zero attached hydrogens (tertiary/aromatic N) is 2. The second kappa shape index (κ2) is 6.35. The number of hydrogen-bond acceptors (Lipinski definition) is 4. The average Bonchev–Trinajstić information content (AvgIpc) is 2.24. The van der Waals surface area contributed by atoms with Gasteiger partial charge in [-0.2, -0.15) is 5.10 Å². The number of anilines is 1. The van der Waals surface area contributed by atoms with Gasteiger partial charge in [-0.1, -0.05) is 6.92 Å². The Morgan fingerprint density at radius 2 is 2.33 bits per heavy atom. The highest BCUT2D eigenvalue weighted by atomic mass is 16.3. The highest BCUT2D eigenvalue weighted by Gasteiger charge is 1.99. The van der Waals surface area contributed by atoms with Gasteiger partial charge in [-0.3, -0.25) is 0 Å². The first-order valence-corrected chi connectivity index (χ1v) is 5.36. The summed E-state index contributed by atoms with van der Waals surface area (Å²) in [5.74, 6) is 1.21. The van der Waals surface area contributed by atoms with Crippen LogP contribution in [-0.4, -0.2) is 28.5 Å². The molecule has 0 saturated heterocycles. The summed E-state index contributed by atoms with van der Waals surface area (Å²) in [6.07, 6.45) is 3.80. The summed E-state index contributed by atoms with van der Waals surface area (Å²) in [6, 6.07) is 1.97. The molecule has 0 aliphatic rings. The first kappa shape index (κ1) is 11.9. The van der Waals surface area contributed by atoms with Crippen LogP contribution in [-0.2, 0) is 0 Å². The number of aryl methyl sites for hydroxylation is 1. The third kappa shape index (κ3) is 4.74. The quantitative estimate of drug-likeness (QED) is 0.699. The van der Waals surface area contributed by atoms with E-state index in [-0.39, 0.29) is 6.61 Å². The number of aromatic nitrogens is 2. The van der Waals surface area contributed by atoms with E-state index in [0.29, 0.717) is 5.92 Å². The van der Waals surface area contributed by atoms with Crippen molar-refractivity contribution in [3.05, 3.63) is 17.8 Å². The standard InChI is InChI=1S/C11H19N3O/c1-9(8-15)4-3-5-12-11-6-10(2)7-13-14-11/h6-7,9,15H,3-5,8H2,1-2H3,(H,12,14). The van der Waals surface area contributed by atoms with Crippen molar-refractivity contribution in [3.63, 3.8) is 0 Å². The molecule has 0 fully saturated rings. The minimum absolute atomic E-state index is 0.268. The lowest BCUT2D eigenvalue weighted by atomic mass is 10.1. The molecule has 0 bridgehead atoms. The van der Waals surface area contributed by atoms with Gasteiger partial charge in [0.05, 0.1) is 6.20 Å². The topological polar surface area (TPSA) is 58.0 Å². The van der Waals surface area contributed by atoms with Gasteiger partial charge in [0.15, 0.2) is 0 Å². The summed E-state index contributed by atoms with van der Waals surface area (Å²) in [7, 11) is 0. The Kier molecular flexibility index (Phi) is 5.04. The Labute approximate surface area is 90.7 Å². The molecule has 1 heterocycles. The van der Waals surface area contributed by atoms with Crippen molar-refractivity contribution in [2.75, 3.05) is 18.5 Å². The monoisotopic (exact) mass is 209 g/mol. The summed E-state index contributed by atoms with van der Waals surface area (Å²) in [5, 5.41) is 19.9. The first-order valence-electron chi connectivity index (χ1n) is 5.36. The van der Waals surface area contributed by atoms with Crippen LogP contribution >= 0.6 is 0 Å². The summed E-state index contributed by atoms with van der Waals surface area (Å²) >= 11 is 0. The molecule has 84 valence electrons. The molecule has 0 aromatic carbocycles. The van der Waals surface area contributed by atoms with Gasteiger partial charge < -0.3 is 10.4 Å².